The normalized spacial score (nSPS) is 19.1. The quantitative estimate of drug-likeness (QED) is 0.362. The Balaban J connectivity index is 0.000000342. The highest BCUT2D eigenvalue weighted by Gasteiger charge is 2.24. The van der Waals surface area contributed by atoms with E-state index in [4.69, 9.17) is 22.3 Å². The van der Waals surface area contributed by atoms with Crippen LogP contribution in [0.3, 0.4) is 0 Å². The van der Waals surface area contributed by atoms with E-state index in [-0.39, 0.29) is 5.91 Å². The molecule has 1 aliphatic rings. The van der Waals surface area contributed by atoms with Crippen molar-refractivity contribution in [1.82, 2.24) is 5.32 Å². The van der Waals surface area contributed by atoms with Crippen molar-refractivity contribution >= 4 is 17.8 Å². The first-order valence-electron chi connectivity index (χ1n) is 6.15. The van der Waals surface area contributed by atoms with Crippen molar-refractivity contribution in [2.75, 3.05) is 6.54 Å². The fraction of sp³-hybridized carbons (Fsp3) is 0.727. The average molecular weight is 274 g/mol. The van der Waals surface area contributed by atoms with Gasteiger partial charge in [-0.15, -0.1) is 0 Å². The fourth-order valence-corrected chi connectivity index (χ4v) is 1.46. The van der Waals surface area contributed by atoms with Crippen molar-refractivity contribution in [3.8, 4) is 0 Å². The Bertz CT molecular complexity index is 322. The van der Waals surface area contributed by atoms with Gasteiger partial charge in [0.15, 0.2) is 0 Å². The zero-order chi connectivity index (χ0) is 14.8. The smallest absolute Gasteiger partial charge is 0.320 e. The third-order valence-electron chi connectivity index (χ3n) is 2.63. The van der Waals surface area contributed by atoms with E-state index in [1.807, 2.05) is 0 Å². The van der Waals surface area contributed by atoms with Gasteiger partial charge in [-0.05, 0) is 25.8 Å². The highest BCUT2D eigenvalue weighted by atomic mass is 16.4. The number of primary amides is 1. The van der Waals surface area contributed by atoms with Crippen LogP contribution < -0.4 is 22.5 Å². The van der Waals surface area contributed by atoms with Gasteiger partial charge in [0.05, 0.1) is 0 Å². The number of nitrogens with one attached hydrogen (secondary N) is 1. The second kappa shape index (κ2) is 9.29. The molecule has 8 heteroatoms. The van der Waals surface area contributed by atoms with Gasteiger partial charge in [-0.2, -0.15) is 0 Å². The Kier molecular flexibility index (Phi) is 8.47. The minimum absolute atomic E-state index is 0.0844. The molecular formula is C11H22N4O4. The predicted molar refractivity (Wildman–Crippen MR) is 68.9 cm³/mol. The third-order valence-corrected chi connectivity index (χ3v) is 2.63. The molecule has 1 heterocycles. The van der Waals surface area contributed by atoms with Gasteiger partial charge in [0.2, 0.25) is 11.8 Å². The molecule has 19 heavy (non-hydrogen) atoms. The van der Waals surface area contributed by atoms with Crippen LogP contribution in [0.5, 0.6) is 0 Å². The number of hydrogen-bond acceptors (Lipinski definition) is 5. The van der Waals surface area contributed by atoms with Crippen LogP contribution in [0.2, 0.25) is 0 Å². The number of carbonyl (C=O) groups is 3. The summed E-state index contributed by atoms with van der Waals surface area (Å²) in [6.45, 7) is 0.604. The summed E-state index contributed by atoms with van der Waals surface area (Å²) in [5, 5.41) is 10.8. The summed E-state index contributed by atoms with van der Waals surface area (Å²) in [6, 6.07) is -1.14. The van der Waals surface area contributed by atoms with Crippen molar-refractivity contribution in [3.63, 3.8) is 0 Å². The molecule has 1 aliphatic heterocycles. The molecule has 8 N–H and O–H groups in total. The Morgan fingerprint density at radius 3 is 2.37 bits per heavy atom. The largest absolute Gasteiger partial charge is 0.480 e. The van der Waals surface area contributed by atoms with Crippen LogP contribution >= 0.6 is 0 Å². The maximum absolute atomic E-state index is 10.4. The van der Waals surface area contributed by atoms with Crippen molar-refractivity contribution in [2.45, 2.75) is 44.2 Å². The Morgan fingerprint density at radius 2 is 2.05 bits per heavy atom. The molecule has 0 spiro atoms. The number of hydrogen-bond donors (Lipinski definition) is 5. The molecule has 2 unspecified atom stereocenters. The zero-order valence-corrected chi connectivity index (χ0v) is 10.8. The zero-order valence-electron chi connectivity index (χ0n) is 10.8. The monoisotopic (exact) mass is 274 g/mol. The Morgan fingerprint density at radius 1 is 1.42 bits per heavy atom. The standard InChI is InChI=1S/C6H14N2O2.C5H8N2O2/c7-4-2-1-3-5(8)6(9)10;6-5(9)3-1-2-4(8)7-3/h5H,1-4,7-8H2,(H,9,10);3H,1-2H2,(H2,6,9)(H,7,8). The average Bonchev–Trinajstić information content (AvgIpc) is 2.77. The summed E-state index contributed by atoms with van der Waals surface area (Å²) in [4.78, 5) is 30.9. The van der Waals surface area contributed by atoms with Gasteiger partial charge in [0.25, 0.3) is 0 Å². The summed E-state index contributed by atoms with van der Waals surface area (Å²) in [6.07, 6.45) is 3.14. The van der Waals surface area contributed by atoms with Crippen molar-refractivity contribution in [2.24, 2.45) is 17.2 Å². The maximum Gasteiger partial charge on any atom is 0.320 e. The van der Waals surface area contributed by atoms with E-state index in [9.17, 15) is 14.4 Å². The molecule has 2 amide bonds. The van der Waals surface area contributed by atoms with Gasteiger partial charge in [0.1, 0.15) is 12.1 Å². The van der Waals surface area contributed by atoms with Gasteiger partial charge in [-0.1, -0.05) is 6.42 Å². The van der Waals surface area contributed by atoms with E-state index < -0.39 is 24.0 Å². The van der Waals surface area contributed by atoms with Gasteiger partial charge >= 0.3 is 5.97 Å². The van der Waals surface area contributed by atoms with Crippen LogP contribution in [0, 0.1) is 0 Å². The van der Waals surface area contributed by atoms with Crippen LogP contribution in [0.1, 0.15) is 32.1 Å². The highest BCUT2D eigenvalue weighted by Crippen LogP contribution is 2.04. The van der Waals surface area contributed by atoms with E-state index in [2.05, 4.69) is 5.32 Å². The molecule has 0 aromatic heterocycles. The minimum atomic E-state index is -0.933. The second-order valence-corrected chi connectivity index (χ2v) is 4.29. The maximum atomic E-state index is 10.4. The molecule has 0 aromatic rings. The molecule has 0 bridgehead atoms. The SMILES string of the molecule is NC(=O)C1CCC(=O)N1.NCCCCC(N)C(=O)O. The number of amides is 2. The van der Waals surface area contributed by atoms with Crippen LogP contribution in [0.25, 0.3) is 0 Å². The lowest BCUT2D eigenvalue weighted by atomic mass is 10.1. The van der Waals surface area contributed by atoms with Crippen molar-refractivity contribution in [1.29, 1.82) is 0 Å². The lowest BCUT2D eigenvalue weighted by molar-refractivity contribution is -0.138. The van der Waals surface area contributed by atoms with Crippen LogP contribution in [0.15, 0.2) is 0 Å². The molecule has 0 aromatic carbocycles. The van der Waals surface area contributed by atoms with Crippen LogP contribution in [-0.4, -0.2) is 41.5 Å². The van der Waals surface area contributed by atoms with E-state index in [0.717, 1.165) is 12.8 Å². The molecule has 0 saturated carbocycles. The molecule has 0 radical (unpaired) electrons. The number of carboxylic acids is 1. The molecule has 1 rings (SSSR count). The predicted octanol–water partition coefficient (Wildman–Crippen LogP) is -1.72. The van der Waals surface area contributed by atoms with Crippen LogP contribution in [0.4, 0.5) is 0 Å². The first-order chi connectivity index (χ1) is 8.88. The molecule has 1 saturated heterocycles. The molecule has 110 valence electrons. The first-order valence-corrected chi connectivity index (χ1v) is 6.15. The number of nitrogens with two attached hydrogens (primary N) is 3. The molecular weight excluding hydrogens is 252 g/mol. The lowest BCUT2D eigenvalue weighted by Gasteiger charge is -2.03. The summed E-state index contributed by atoms with van der Waals surface area (Å²) in [5.74, 6) is -1.46. The summed E-state index contributed by atoms with van der Waals surface area (Å²) in [5.41, 5.74) is 15.3. The van der Waals surface area contributed by atoms with Crippen molar-refractivity contribution in [3.05, 3.63) is 0 Å². The van der Waals surface area contributed by atoms with E-state index in [1.165, 1.54) is 0 Å². The Labute approximate surface area is 111 Å². The number of aliphatic carboxylic acids is 1. The molecule has 1 fully saturated rings. The molecule has 8 nitrogen and oxygen atoms in total. The van der Waals surface area contributed by atoms with Gasteiger partial charge < -0.3 is 27.6 Å². The van der Waals surface area contributed by atoms with Gasteiger partial charge in [-0.25, -0.2) is 0 Å². The topological polar surface area (TPSA) is 162 Å². The summed E-state index contributed by atoms with van der Waals surface area (Å²) in [7, 11) is 0. The number of carbonyl (C=O) groups excluding carboxylic acids is 2. The lowest BCUT2D eigenvalue weighted by Crippen LogP contribution is -2.37. The van der Waals surface area contributed by atoms with Crippen molar-refractivity contribution < 1.29 is 19.5 Å². The number of carboxylic acid groups (broad SMARTS) is 1. The van der Waals surface area contributed by atoms with E-state index in [1.54, 1.807) is 0 Å². The first kappa shape index (κ1) is 17.3. The van der Waals surface area contributed by atoms with E-state index >= 15 is 0 Å². The number of rotatable bonds is 6. The summed E-state index contributed by atoms with van der Waals surface area (Å²) >= 11 is 0. The fourth-order valence-electron chi connectivity index (χ4n) is 1.46. The second-order valence-electron chi connectivity index (χ2n) is 4.29. The Hall–Kier alpha value is -1.67. The highest BCUT2D eigenvalue weighted by molar-refractivity contribution is 5.89. The van der Waals surface area contributed by atoms with E-state index in [0.29, 0.717) is 25.8 Å². The summed E-state index contributed by atoms with van der Waals surface area (Å²) < 4.78 is 0. The molecule has 2 atom stereocenters. The minimum Gasteiger partial charge on any atom is -0.480 e. The van der Waals surface area contributed by atoms with Gasteiger partial charge in [-0.3, -0.25) is 14.4 Å². The molecule has 0 aliphatic carbocycles. The van der Waals surface area contributed by atoms with Crippen LogP contribution in [-0.2, 0) is 14.4 Å². The number of unbranched alkanes of at least 4 members (excludes halogenated alkanes) is 1. The third kappa shape index (κ3) is 8.11. The van der Waals surface area contributed by atoms with Gasteiger partial charge in [0, 0.05) is 6.42 Å².